The van der Waals surface area contributed by atoms with Gasteiger partial charge in [-0.1, -0.05) is 24.6 Å². The molecule has 1 atom stereocenters. The van der Waals surface area contributed by atoms with E-state index in [2.05, 4.69) is 21.6 Å². The number of amides is 1. The van der Waals surface area contributed by atoms with E-state index in [0.29, 0.717) is 12.5 Å². The van der Waals surface area contributed by atoms with Crippen molar-refractivity contribution in [3.8, 4) is 0 Å². The van der Waals surface area contributed by atoms with Gasteiger partial charge in [0.1, 0.15) is 0 Å². The monoisotopic (exact) mass is 289 g/mol. The summed E-state index contributed by atoms with van der Waals surface area (Å²) < 4.78 is 0. The van der Waals surface area contributed by atoms with E-state index in [0.717, 1.165) is 30.8 Å². The second-order valence-electron chi connectivity index (χ2n) is 6.13. The first-order valence-corrected chi connectivity index (χ1v) is 7.91. The molecule has 21 heavy (non-hydrogen) atoms. The lowest BCUT2D eigenvalue weighted by atomic mass is 10.0. The number of nitrogens with one attached hydrogen (secondary N) is 2. The fourth-order valence-electron chi connectivity index (χ4n) is 2.81. The second kappa shape index (κ2) is 8.15. The van der Waals surface area contributed by atoms with Crippen LogP contribution in [-0.4, -0.2) is 37.5 Å². The van der Waals surface area contributed by atoms with Crippen LogP contribution in [0, 0.1) is 0 Å². The molecule has 1 aliphatic rings. The predicted octanol–water partition coefficient (Wildman–Crippen LogP) is 2.61. The molecule has 4 heteroatoms. The Morgan fingerprint density at radius 3 is 2.86 bits per heavy atom. The number of benzene rings is 1. The fraction of sp³-hybridized carbons (Fsp3) is 0.588. The summed E-state index contributed by atoms with van der Waals surface area (Å²) in [4.78, 5) is 14.2. The Labute approximate surface area is 127 Å². The largest absolute Gasteiger partial charge is 0.326 e. The highest BCUT2D eigenvalue weighted by Crippen LogP contribution is 2.17. The molecule has 1 aliphatic heterocycles. The van der Waals surface area contributed by atoms with Gasteiger partial charge in [0.05, 0.1) is 0 Å². The quantitative estimate of drug-likeness (QED) is 0.846. The number of nitrogens with zero attached hydrogens (tertiary/aromatic N) is 1. The summed E-state index contributed by atoms with van der Waals surface area (Å²) in [6.07, 6.45) is 5.27. The van der Waals surface area contributed by atoms with Crippen molar-refractivity contribution in [3.63, 3.8) is 0 Å². The molecule has 1 amide bonds. The van der Waals surface area contributed by atoms with E-state index in [1.54, 1.807) is 0 Å². The fourth-order valence-corrected chi connectivity index (χ4v) is 2.81. The standard InChI is InChI=1S/C17H27N3O/c1-20(2)13-14-7-3-4-9-16(14)19-17(21)11-10-15-8-5-6-12-18-15/h3-4,7,9,15,18H,5-6,8,10-13H2,1-2H3,(H,19,21). The van der Waals surface area contributed by atoms with E-state index >= 15 is 0 Å². The third-order valence-electron chi connectivity index (χ3n) is 3.91. The van der Waals surface area contributed by atoms with Gasteiger partial charge in [-0.15, -0.1) is 0 Å². The normalized spacial score (nSPS) is 18.7. The van der Waals surface area contributed by atoms with E-state index in [1.807, 2.05) is 32.3 Å². The SMILES string of the molecule is CN(C)Cc1ccccc1NC(=O)CCC1CCCCN1. The van der Waals surface area contributed by atoms with Crippen molar-refractivity contribution in [2.45, 2.75) is 44.7 Å². The van der Waals surface area contributed by atoms with Crippen LogP contribution in [0.4, 0.5) is 5.69 Å². The van der Waals surface area contributed by atoms with Crippen LogP contribution in [0.15, 0.2) is 24.3 Å². The number of carbonyl (C=O) groups excluding carboxylic acids is 1. The van der Waals surface area contributed by atoms with Crippen molar-refractivity contribution in [1.29, 1.82) is 0 Å². The Balaban J connectivity index is 1.84. The maximum Gasteiger partial charge on any atom is 0.224 e. The van der Waals surface area contributed by atoms with Crippen molar-refractivity contribution in [1.82, 2.24) is 10.2 Å². The van der Waals surface area contributed by atoms with E-state index in [9.17, 15) is 4.79 Å². The van der Waals surface area contributed by atoms with E-state index in [4.69, 9.17) is 0 Å². The molecule has 4 nitrogen and oxygen atoms in total. The lowest BCUT2D eigenvalue weighted by Gasteiger charge is -2.23. The zero-order chi connectivity index (χ0) is 15.1. The van der Waals surface area contributed by atoms with E-state index in [1.165, 1.54) is 19.3 Å². The third-order valence-corrected chi connectivity index (χ3v) is 3.91. The highest BCUT2D eigenvalue weighted by Gasteiger charge is 2.14. The van der Waals surface area contributed by atoms with Crippen LogP contribution in [0.3, 0.4) is 0 Å². The van der Waals surface area contributed by atoms with Crippen molar-refractivity contribution < 1.29 is 4.79 Å². The molecule has 116 valence electrons. The molecule has 0 saturated carbocycles. The topological polar surface area (TPSA) is 44.4 Å². The molecule has 1 fully saturated rings. The minimum absolute atomic E-state index is 0.119. The number of rotatable bonds is 6. The summed E-state index contributed by atoms with van der Waals surface area (Å²) in [5.41, 5.74) is 2.10. The van der Waals surface area contributed by atoms with Crippen LogP contribution in [0.25, 0.3) is 0 Å². The van der Waals surface area contributed by atoms with Crippen LogP contribution in [0.2, 0.25) is 0 Å². The minimum atomic E-state index is 0.119. The Kier molecular flexibility index (Phi) is 6.21. The summed E-state index contributed by atoms with van der Waals surface area (Å²) in [6, 6.07) is 8.55. The van der Waals surface area contributed by atoms with Gasteiger partial charge in [-0.3, -0.25) is 4.79 Å². The summed E-state index contributed by atoms with van der Waals surface area (Å²) in [5, 5.41) is 6.55. The maximum atomic E-state index is 12.1. The van der Waals surface area contributed by atoms with Gasteiger partial charge < -0.3 is 15.5 Å². The first-order valence-electron chi connectivity index (χ1n) is 7.91. The Hall–Kier alpha value is -1.39. The van der Waals surface area contributed by atoms with Gasteiger partial charge in [0, 0.05) is 24.7 Å². The summed E-state index contributed by atoms with van der Waals surface area (Å²) in [5.74, 6) is 0.119. The zero-order valence-electron chi connectivity index (χ0n) is 13.2. The molecule has 1 aromatic rings. The van der Waals surface area contributed by atoms with Crippen molar-refractivity contribution in [2.24, 2.45) is 0 Å². The molecule has 1 heterocycles. The first-order chi connectivity index (χ1) is 10.1. The average molecular weight is 289 g/mol. The van der Waals surface area contributed by atoms with Gasteiger partial charge >= 0.3 is 0 Å². The van der Waals surface area contributed by atoms with Crippen molar-refractivity contribution in [2.75, 3.05) is 26.0 Å². The minimum Gasteiger partial charge on any atom is -0.326 e. The van der Waals surface area contributed by atoms with E-state index in [-0.39, 0.29) is 5.91 Å². The number of anilines is 1. The van der Waals surface area contributed by atoms with Gasteiger partial charge in [-0.05, 0) is 51.5 Å². The number of para-hydroxylation sites is 1. The summed E-state index contributed by atoms with van der Waals surface area (Å²) in [6.45, 7) is 1.93. The molecule has 0 spiro atoms. The van der Waals surface area contributed by atoms with Gasteiger partial charge in [0.2, 0.25) is 5.91 Å². The van der Waals surface area contributed by atoms with E-state index < -0.39 is 0 Å². The molecule has 1 aromatic carbocycles. The Bertz CT molecular complexity index is 453. The number of carbonyl (C=O) groups is 1. The van der Waals surface area contributed by atoms with Crippen LogP contribution in [0.5, 0.6) is 0 Å². The second-order valence-corrected chi connectivity index (χ2v) is 6.13. The van der Waals surface area contributed by atoms with Gasteiger partial charge in [-0.25, -0.2) is 0 Å². The smallest absolute Gasteiger partial charge is 0.224 e. The van der Waals surface area contributed by atoms with Gasteiger partial charge in [-0.2, -0.15) is 0 Å². The Morgan fingerprint density at radius 1 is 1.33 bits per heavy atom. The Morgan fingerprint density at radius 2 is 2.14 bits per heavy atom. The summed E-state index contributed by atoms with van der Waals surface area (Å²) in [7, 11) is 4.07. The molecule has 0 bridgehead atoms. The van der Waals surface area contributed by atoms with Crippen LogP contribution in [-0.2, 0) is 11.3 Å². The molecule has 0 aromatic heterocycles. The zero-order valence-corrected chi connectivity index (χ0v) is 13.2. The van der Waals surface area contributed by atoms with Gasteiger partial charge in [0.15, 0.2) is 0 Å². The number of hydrogen-bond donors (Lipinski definition) is 2. The number of piperidine rings is 1. The first kappa shape index (κ1) is 16.0. The van der Waals surface area contributed by atoms with Gasteiger partial charge in [0.25, 0.3) is 0 Å². The molecule has 2 N–H and O–H groups in total. The highest BCUT2D eigenvalue weighted by molar-refractivity contribution is 5.91. The number of hydrogen-bond acceptors (Lipinski definition) is 3. The van der Waals surface area contributed by atoms with Crippen molar-refractivity contribution in [3.05, 3.63) is 29.8 Å². The third kappa shape index (κ3) is 5.48. The molecule has 2 rings (SSSR count). The lowest BCUT2D eigenvalue weighted by Crippen LogP contribution is -2.34. The lowest BCUT2D eigenvalue weighted by molar-refractivity contribution is -0.116. The highest BCUT2D eigenvalue weighted by atomic mass is 16.1. The van der Waals surface area contributed by atoms with Crippen LogP contribution >= 0.6 is 0 Å². The molecule has 1 saturated heterocycles. The molecular weight excluding hydrogens is 262 g/mol. The molecule has 0 aliphatic carbocycles. The van der Waals surface area contributed by atoms with Crippen molar-refractivity contribution >= 4 is 11.6 Å². The molecule has 0 radical (unpaired) electrons. The molecular formula is C17H27N3O. The average Bonchev–Trinajstić information content (AvgIpc) is 2.48. The van der Waals surface area contributed by atoms with Crippen LogP contribution < -0.4 is 10.6 Å². The molecule has 1 unspecified atom stereocenters. The van der Waals surface area contributed by atoms with Crippen LogP contribution in [0.1, 0.15) is 37.7 Å². The summed E-state index contributed by atoms with van der Waals surface area (Å²) >= 11 is 0. The maximum absolute atomic E-state index is 12.1. The predicted molar refractivity (Wildman–Crippen MR) is 87.3 cm³/mol.